The first-order valence-electron chi connectivity index (χ1n) is 9.25. The van der Waals surface area contributed by atoms with Gasteiger partial charge in [-0.15, -0.1) is 0 Å². The van der Waals surface area contributed by atoms with Crippen molar-refractivity contribution in [2.24, 2.45) is 0 Å². The molecule has 7 nitrogen and oxygen atoms in total. The molecule has 0 bridgehead atoms. The van der Waals surface area contributed by atoms with Crippen LogP contribution in [0.25, 0.3) is 0 Å². The molecule has 1 unspecified atom stereocenters. The quantitative estimate of drug-likeness (QED) is 0.590. The Bertz CT molecular complexity index is 1200. The van der Waals surface area contributed by atoms with Crippen molar-refractivity contribution in [3.8, 4) is 11.6 Å². The number of fused-ring (bicyclic) bond motifs is 1. The SMILES string of the molecule is COc1ccc(O)c(C2(CO)C(=O)N(Cc3ccc(C(F)(F)F)o3)c3cccc(Cl)c32)n1. The molecule has 2 aromatic heterocycles. The van der Waals surface area contributed by atoms with Crippen LogP contribution in [0, 0.1) is 0 Å². The number of benzene rings is 1. The van der Waals surface area contributed by atoms with Gasteiger partial charge in [-0.2, -0.15) is 13.2 Å². The van der Waals surface area contributed by atoms with Crippen LogP contribution in [-0.2, 0) is 22.9 Å². The molecular weight excluding hydrogens is 453 g/mol. The molecule has 1 amide bonds. The molecule has 1 atom stereocenters. The van der Waals surface area contributed by atoms with Gasteiger partial charge in [0.25, 0.3) is 0 Å². The molecule has 1 aliphatic rings. The topological polar surface area (TPSA) is 96.0 Å². The first kappa shape index (κ1) is 22.0. The van der Waals surface area contributed by atoms with E-state index in [0.29, 0.717) is 0 Å². The lowest BCUT2D eigenvalue weighted by Gasteiger charge is -2.27. The summed E-state index contributed by atoms with van der Waals surface area (Å²) in [6.45, 7) is -1.19. The number of aliphatic hydroxyl groups excluding tert-OH is 1. The van der Waals surface area contributed by atoms with Gasteiger partial charge < -0.3 is 24.3 Å². The van der Waals surface area contributed by atoms with Crippen LogP contribution in [0.2, 0.25) is 5.02 Å². The molecule has 32 heavy (non-hydrogen) atoms. The van der Waals surface area contributed by atoms with Crippen molar-refractivity contribution in [1.29, 1.82) is 0 Å². The second kappa shape index (κ2) is 7.72. The van der Waals surface area contributed by atoms with E-state index in [1.807, 2.05) is 0 Å². The van der Waals surface area contributed by atoms with E-state index in [-0.39, 0.29) is 40.2 Å². The van der Waals surface area contributed by atoms with Crippen molar-refractivity contribution in [3.05, 3.63) is 70.3 Å². The zero-order valence-electron chi connectivity index (χ0n) is 16.5. The largest absolute Gasteiger partial charge is 0.506 e. The van der Waals surface area contributed by atoms with Crippen LogP contribution < -0.4 is 9.64 Å². The minimum atomic E-state index is -4.68. The summed E-state index contributed by atoms with van der Waals surface area (Å²) in [6, 6.07) is 9.08. The van der Waals surface area contributed by atoms with Crippen LogP contribution in [0.3, 0.4) is 0 Å². The molecule has 168 valence electrons. The van der Waals surface area contributed by atoms with E-state index in [0.717, 1.165) is 17.0 Å². The number of hydrogen-bond acceptors (Lipinski definition) is 6. The predicted molar refractivity (Wildman–Crippen MR) is 107 cm³/mol. The number of furan rings is 1. The van der Waals surface area contributed by atoms with E-state index < -0.39 is 35.6 Å². The van der Waals surface area contributed by atoms with E-state index in [4.69, 9.17) is 20.8 Å². The van der Waals surface area contributed by atoms with Crippen LogP contribution in [-0.4, -0.2) is 34.8 Å². The molecule has 0 aliphatic carbocycles. The van der Waals surface area contributed by atoms with Gasteiger partial charge in [-0.3, -0.25) is 4.79 Å². The number of alkyl halides is 3. The number of ether oxygens (including phenoxy) is 1. The summed E-state index contributed by atoms with van der Waals surface area (Å²) in [5.74, 6) is -2.40. The van der Waals surface area contributed by atoms with Gasteiger partial charge in [0.05, 0.1) is 25.9 Å². The third kappa shape index (κ3) is 3.26. The summed E-state index contributed by atoms with van der Waals surface area (Å²) in [4.78, 5) is 19.0. The van der Waals surface area contributed by atoms with Crippen molar-refractivity contribution in [3.63, 3.8) is 0 Å². The second-order valence-electron chi connectivity index (χ2n) is 7.07. The minimum Gasteiger partial charge on any atom is -0.506 e. The molecule has 0 fully saturated rings. The molecule has 11 heteroatoms. The number of amides is 1. The second-order valence-corrected chi connectivity index (χ2v) is 7.48. The Balaban J connectivity index is 1.88. The number of rotatable bonds is 5. The minimum absolute atomic E-state index is 0.0753. The van der Waals surface area contributed by atoms with Crippen molar-refractivity contribution in [2.45, 2.75) is 18.1 Å². The highest BCUT2D eigenvalue weighted by atomic mass is 35.5. The van der Waals surface area contributed by atoms with Crippen molar-refractivity contribution >= 4 is 23.2 Å². The average Bonchev–Trinajstić information content (AvgIpc) is 3.32. The summed E-state index contributed by atoms with van der Waals surface area (Å²) in [5.41, 5.74) is -1.71. The fourth-order valence-electron chi connectivity index (χ4n) is 3.84. The first-order chi connectivity index (χ1) is 15.1. The van der Waals surface area contributed by atoms with Crippen molar-refractivity contribution < 1.29 is 37.3 Å². The fraction of sp³-hybridized carbons (Fsp3) is 0.238. The van der Waals surface area contributed by atoms with Crippen LogP contribution in [0.5, 0.6) is 11.6 Å². The van der Waals surface area contributed by atoms with Crippen LogP contribution in [0.15, 0.2) is 46.9 Å². The number of hydrogen-bond donors (Lipinski definition) is 2. The van der Waals surface area contributed by atoms with Gasteiger partial charge in [-0.05, 0) is 30.3 Å². The predicted octanol–water partition coefficient (Wildman–Crippen LogP) is 3.89. The molecule has 1 aliphatic heterocycles. The number of aromatic hydroxyl groups is 1. The number of nitrogens with zero attached hydrogens (tertiary/aromatic N) is 2. The maximum absolute atomic E-state index is 13.7. The number of methoxy groups -OCH3 is 1. The first-order valence-corrected chi connectivity index (χ1v) is 9.63. The Morgan fingerprint density at radius 1 is 1.22 bits per heavy atom. The number of aliphatic hydroxyl groups is 1. The molecule has 0 spiro atoms. The Kier molecular flexibility index (Phi) is 5.30. The van der Waals surface area contributed by atoms with Gasteiger partial charge >= 0.3 is 6.18 Å². The van der Waals surface area contributed by atoms with Crippen LogP contribution in [0.1, 0.15) is 22.8 Å². The molecule has 0 saturated heterocycles. The van der Waals surface area contributed by atoms with Gasteiger partial charge in [-0.25, -0.2) is 4.98 Å². The standard InChI is InChI=1S/C21H16ClF3N2O5/c1-31-16-8-6-14(29)18(26-16)20(10-28)17-12(22)3-2-4-13(17)27(19(20)30)9-11-5-7-15(32-11)21(23,24)25/h2-8,28-29H,9-10H2,1H3. The fourth-order valence-corrected chi connectivity index (χ4v) is 4.17. The molecule has 4 rings (SSSR count). The molecule has 3 aromatic rings. The smallest absolute Gasteiger partial charge is 0.449 e. The van der Waals surface area contributed by atoms with Gasteiger partial charge in [0.1, 0.15) is 22.6 Å². The van der Waals surface area contributed by atoms with Gasteiger partial charge in [-0.1, -0.05) is 17.7 Å². The van der Waals surface area contributed by atoms with E-state index in [9.17, 15) is 28.2 Å². The third-order valence-corrected chi connectivity index (χ3v) is 5.59. The van der Waals surface area contributed by atoms with E-state index >= 15 is 0 Å². The molecule has 1 aromatic carbocycles. The lowest BCUT2D eigenvalue weighted by atomic mass is 9.78. The number of pyridine rings is 1. The Labute approximate surface area is 184 Å². The normalized spacial score (nSPS) is 18.2. The Hall–Kier alpha value is -3.24. The summed E-state index contributed by atoms with van der Waals surface area (Å²) >= 11 is 6.40. The summed E-state index contributed by atoms with van der Waals surface area (Å²) in [5, 5.41) is 21.0. The van der Waals surface area contributed by atoms with E-state index in [2.05, 4.69) is 4.98 Å². The summed E-state index contributed by atoms with van der Waals surface area (Å²) < 4.78 is 48.7. The van der Waals surface area contributed by atoms with Crippen LogP contribution >= 0.6 is 11.6 Å². The van der Waals surface area contributed by atoms with Crippen LogP contribution in [0.4, 0.5) is 18.9 Å². The lowest BCUT2D eigenvalue weighted by molar-refractivity contribution is -0.153. The molecule has 0 saturated carbocycles. The highest BCUT2D eigenvalue weighted by Crippen LogP contribution is 2.51. The van der Waals surface area contributed by atoms with E-state index in [1.165, 1.54) is 31.4 Å². The van der Waals surface area contributed by atoms with E-state index in [1.54, 1.807) is 6.07 Å². The zero-order valence-corrected chi connectivity index (χ0v) is 17.2. The monoisotopic (exact) mass is 468 g/mol. The molecule has 2 N–H and O–H groups in total. The number of carbonyl (C=O) groups is 1. The molecule has 3 heterocycles. The number of aromatic nitrogens is 1. The van der Waals surface area contributed by atoms with Crippen molar-refractivity contribution in [1.82, 2.24) is 4.98 Å². The lowest BCUT2D eigenvalue weighted by Crippen LogP contribution is -2.44. The number of halogens is 4. The van der Waals surface area contributed by atoms with Gasteiger partial charge in [0.2, 0.25) is 17.5 Å². The van der Waals surface area contributed by atoms with Gasteiger partial charge in [0, 0.05) is 16.7 Å². The highest BCUT2D eigenvalue weighted by molar-refractivity contribution is 6.33. The Morgan fingerprint density at radius 2 is 1.97 bits per heavy atom. The molecular formula is C21H16ClF3N2O5. The van der Waals surface area contributed by atoms with Gasteiger partial charge in [0.15, 0.2) is 0 Å². The highest BCUT2D eigenvalue weighted by Gasteiger charge is 2.56. The number of anilines is 1. The van der Waals surface area contributed by atoms with Crippen molar-refractivity contribution in [2.75, 3.05) is 18.6 Å². The zero-order chi connectivity index (χ0) is 23.3. The number of carbonyl (C=O) groups excluding carboxylic acids is 1. The average molecular weight is 469 g/mol. The maximum atomic E-state index is 13.7. The third-order valence-electron chi connectivity index (χ3n) is 5.27. The molecule has 0 radical (unpaired) electrons. The summed E-state index contributed by atoms with van der Waals surface area (Å²) in [6.07, 6.45) is -4.68. The maximum Gasteiger partial charge on any atom is 0.449 e. The Morgan fingerprint density at radius 3 is 2.59 bits per heavy atom. The summed E-state index contributed by atoms with van der Waals surface area (Å²) in [7, 11) is 1.34.